The molecule has 4 N–H and O–H groups in total. The quantitative estimate of drug-likeness (QED) is 0.276. The molecule has 0 aliphatic heterocycles. The SMILES string of the molecule is CC(C)C(=O)C(=O)OC(=O)[C@@H](N)CCCCN. The molecule has 0 rings (SSSR count). The van der Waals surface area contributed by atoms with E-state index in [-0.39, 0.29) is 0 Å². The Bertz CT molecular complexity index is 289. The van der Waals surface area contributed by atoms with Crippen LogP contribution in [0.3, 0.4) is 0 Å². The fraction of sp³-hybridized carbons (Fsp3) is 0.727. The average Bonchev–Trinajstić information content (AvgIpc) is 2.27. The number of hydrogen-bond donors (Lipinski definition) is 2. The van der Waals surface area contributed by atoms with Gasteiger partial charge in [0.25, 0.3) is 0 Å². The molecule has 98 valence electrons. The third-order valence-corrected chi connectivity index (χ3v) is 2.19. The number of hydrogen-bond acceptors (Lipinski definition) is 6. The van der Waals surface area contributed by atoms with Crippen molar-refractivity contribution in [2.24, 2.45) is 17.4 Å². The third-order valence-electron chi connectivity index (χ3n) is 2.19. The van der Waals surface area contributed by atoms with E-state index in [0.717, 1.165) is 6.42 Å². The Morgan fingerprint density at radius 2 is 1.76 bits per heavy atom. The maximum Gasteiger partial charge on any atom is 0.382 e. The highest BCUT2D eigenvalue weighted by Gasteiger charge is 2.25. The summed E-state index contributed by atoms with van der Waals surface area (Å²) in [6.07, 6.45) is 1.82. The third kappa shape index (κ3) is 6.13. The minimum Gasteiger partial charge on any atom is -0.386 e. The van der Waals surface area contributed by atoms with Crippen molar-refractivity contribution in [3.05, 3.63) is 0 Å². The molecule has 0 spiro atoms. The van der Waals surface area contributed by atoms with Crippen LogP contribution in [-0.2, 0) is 19.1 Å². The highest BCUT2D eigenvalue weighted by atomic mass is 16.6. The van der Waals surface area contributed by atoms with Crippen molar-refractivity contribution < 1.29 is 19.1 Å². The number of ether oxygens (including phenoxy) is 1. The Labute approximate surface area is 101 Å². The lowest BCUT2D eigenvalue weighted by molar-refractivity contribution is -0.165. The fourth-order valence-electron chi connectivity index (χ4n) is 1.08. The summed E-state index contributed by atoms with van der Waals surface area (Å²) in [7, 11) is 0. The molecule has 0 amide bonds. The Hall–Kier alpha value is -1.27. The van der Waals surface area contributed by atoms with Crippen LogP contribution in [0.4, 0.5) is 0 Å². The lowest BCUT2D eigenvalue weighted by atomic mass is 10.1. The van der Waals surface area contributed by atoms with Gasteiger partial charge in [0.05, 0.1) is 0 Å². The summed E-state index contributed by atoms with van der Waals surface area (Å²) >= 11 is 0. The van der Waals surface area contributed by atoms with E-state index >= 15 is 0 Å². The fourth-order valence-corrected chi connectivity index (χ4v) is 1.08. The number of Topliss-reactive ketones (excluding diaryl/α,β-unsaturated/α-hetero) is 1. The minimum atomic E-state index is -1.14. The van der Waals surface area contributed by atoms with Crippen LogP contribution < -0.4 is 11.5 Å². The first kappa shape index (κ1) is 15.7. The lowest BCUT2D eigenvalue weighted by Crippen LogP contribution is -2.36. The standard InChI is InChI=1S/C11H20N2O4/c1-7(2)9(14)11(16)17-10(15)8(13)5-3-4-6-12/h7-8H,3-6,12-13H2,1-2H3/t8-/m0/s1. The summed E-state index contributed by atoms with van der Waals surface area (Å²) in [4.78, 5) is 33.7. The number of rotatable bonds is 7. The van der Waals surface area contributed by atoms with Gasteiger partial charge in [-0.05, 0) is 19.4 Å². The van der Waals surface area contributed by atoms with Crippen molar-refractivity contribution in [3.63, 3.8) is 0 Å². The van der Waals surface area contributed by atoms with E-state index in [4.69, 9.17) is 11.5 Å². The van der Waals surface area contributed by atoms with Crippen LogP contribution in [-0.4, -0.2) is 30.3 Å². The molecule has 0 unspecified atom stereocenters. The van der Waals surface area contributed by atoms with E-state index in [2.05, 4.69) is 4.74 Å². The van der Waals surface area contributed by atoms with Gasteiger partial charge in [-0.1, -0.05) is 20.3 Å². The lowest BCUT2D eigenvalue weighted by Gasteiger charge is -2.10. The molecule has 0 aromatic carbocycles. The summed E-state index contributed by atoms with van der Waals surface area (Å²) in [6.45, 7) is 3.62. The number of ketones is 1. The molecule has 6 nitrogen and oxygen atoms in total. The predicted molar refractivity (Wildman–Crippen MR) is 61.8 cm³/mol. The molecule has 0 aromatic heterocycles. The maximum absolute atomic E-state index is 11.3. The van der Waals surface area contributed by atoms with Gasteiger partial charge >= 0.3 is 11.9 Å². The van der Waals surface area contributed by atoms with Crippen molar-refractivity contribution in [3.8, 4) is 0 Å². The van der Waals surface area contributed by atoms with Gasteiger partial charge in [0.1, 0.15) is 6.04 Å². The second-order valence-corrected chi connectivity index (χ2v) is 4.12. The summed E-state index contributed by atoms with van der Waals surface area (Å²) in [6, 6.07) is -0.884. The van der Waals surface area contributed by atoms with Crippen LogP contribution in [0.25, 0.3) is 0 Å². The van der Waals surface area contributed by atoms with Gasteiger partial charge in [0, 0.05) is 5.92 Å². The van der Waals surface area contributed by atoms with E-state index in [9.17, 15) is 14.4 Å². The molecule has 0 bridgehead atoms. The highest BCUT2D eigenvalue weighted by molar-refractivity contribution is 6.35. The summed E-state index contributed by atoms with van der Waals surface area (Å²) in [5, 5.41) is 0. The van der Waals surface area contributed by atoms with Crippen molar-refractivity contribution >= 4 is 17.7 Å². The first-order chi connectivity index (χ1) is 7.90. The molecule has 0 saturated heterocycles. The molecule has 0 saturated carbocycles. The van der Waals surface area contributed by atoms with Gasteiger partial charge in [0.2, 0.25) is 5.78 Å². The van der Waals surface area contributed by atoms with E-state index < -0.39 is 29.7 Å². The molecular weight excluding hydrogens is 224 g/mol. The molecule has 0 fully saturated rings. The van der Waals surface area contributed by atoms with Crippen molar-refractivity contribution in [2.45, 2.75) is 39.2 Å². The number of nitrogens with two attached hydrogens (primary N) is 2. The van der Waals surface area contributed by atoms with E-state index in [1.807, 2.05) is 0 Å². The van der Waals surface area contributed by atoms with Gasteiger partial charge in [-0.15, -0.1) is 0 Å². The second-order valence-electron chi connectivity index (χ2n) is 4.12. The van der Waals surface area contributed by atoms with Crippen molar-refractivity contribution in [1.29, 1.82) is 0 Å². The predicted octanol–water partition coefficient (Wildman–Crippen LogP) is -0.262. The van der Waals surface area contributed by atoms with Crippen LogP contribution in [0.5, 0.6) is 0 Å². The topological polar surface area (TPSA) is 112 Å². The molecule has 0 heterocycles. The molecule has 0 aromatic rings. The average molecular weight is 244 g/mol. The smallest absolute Gasteiger partial charge is 0.382 e. The molecule has 0 aliphatic carbocycles. The number of unbranched alkanes of at least 4 members (excludes halogenated alkanes) is 1. The maximum atomic E-state index is 11.3. The molecule has 0 radical (unpaired) electrons. The van der Waals surface area contributed by atoms with Crippen LogP contribution in [0.15, 0.2) is 0 Å². The molecule has 1 atom stereocenters. The Balaban J connectivity index is 4.07. The van der Waals surface area contributed by atoms with Crippen LogP contribution in [0, 0.1) is 5.92 Å². The first-order valence-electron chi connectivity index (χ1n) is 5.65. The minimum absolute atomic E-state index is 0.388. The van der Waals surface area contributed by atoms with E-state index in [1.54, 1.807) is 13.8 Å². The largest absolute Gasteiger partial charge is 0.386 e. The van der Waals surface area contributed by atoms with E-state index in [1.165, 1.54) is 0 Å². The first-order valence-corrected chi connectivity index (χ1v) is 5.65. The Morgan fingerprint density at radius 3 is 2.24 bits per heavy atom. The molecule has 17 heavy (non-hydrogen) atoms. The van der Waals surface area contributed by atoms with Crippen LogP contribution in [0.1, 0.15) is 33.1 Å². The summed E-state index contributed by atoms with van der Waals surface area (Å²) < 4.78 is 4.38. The van der Waals surface area contributed by atoms with Gasteiger partial charge < -0.3 is 16.2 Å². The highest BCUT2D eigenvalue weighted by Crippen LogP contribution is 2.02. The van der Waals surface area contributed by atoms with Gasteiger partial charge in [0.15, 0.2) is 0 Å². The second kappa shape index (κ2) is 7.92. The zero-order valence-electron chi connectivity index (χ0n) is 10.3. The van der Waals surface area contributed by atoms with Crippen molar-refractivity contribution in [1.82, 2.24) is 0 Å². The van der Waals surface area contributed by atoms with E-state index in [0.29, 0.717) is 19.4 Å². The number of carbonyl (C=O) groups is 3. The van der Waals surface area contributed by atoms with Gasteiger partial charge in [-0.25, -0.2) is 9.59 Å². The monoisotopic (exact) mass is 244 g/mol. The zero-order chi connectivity index (χ0) is 13.4. The van der Waals surface area contributed by atoms with Gasteiger partial charge in [-0.2, -0.15) is 0 Å². The van der Waals surface area contributed by atoms with Gasteiger partial charge in [-0.3, -0.25) is 4.79 Å². The normalized spacial score (nSPS) is 12.3. The van der Waals surface area contributed by atoms with Crippen molar-refractivity contribution in [2.75, 3.05) is 6.54 Å². The summed E-state index contributed by atoms with van der Waals surface area (Å²) in [5.41, 5.74) is 10.8. The molecular formula is C11H20N2O4. The summed E-state index contributed by atoms with van der Waals surface area (Å²) in [5.74, 6) is -3.23. The molecule has 0 aliphatic rings. The Morgan fingerprint density at radius 1 is 1.18 bits per heavy atom. The molecule has 6 heteroatoms. The Kier molecular flexibility index (Phi) is 7.32. The van der Waals surface area contributed by atoms with Crippen LogP contribution >= 0.6 is 0 Å². The van der Waals surface area contributed by atoms with Crippen LogP contribution in [0.2, 0.25) is 0 Å². The number of esters is 2. The zero-order valence-corrected chi connectivity index (χ0v) is 10.3. The number of carbonyl (C=O) groups excluding carboxylic acids is 3.